The molecule has 0 unspecified atom stereocenters. The van der Waals surface area contributed by atoms with Crippen LogP contribution in [0.2, 0.25) is 0 Å². The van der Waals surface area contributed by atoms with Crippen LogP contribution in [-0.4, -0.2) is 39.0 Å². The van der Waals surface area contributed by atoms with Crippen LogP contribution in [0.25, 0.3) is 22.4 Å². The fourth-order valence-corrected chi connectivity index (χ4v) is 4.21. The van der Waals surface area contributed by atoms with Gasteiger partial charge in [-0.2, -0.15) is 5.10 Å². The first-order valence-corrected chi connectivity index (χ1v) is 11.2. The molecule has 1 N–H and O–H groups in total. The van der Waals surface area contributed by atoms with Crippen molar-refractivity contribution in [3.05, 3.63) is 59.0 Å². The van der Waals surface area contributed by atoms with Gasteiger partial charge in [0.1, 0.15) is 11.4 Å². The van der Waals surface area contributed by atoms with Gasteiger partial charge in [-0.15, -0.1) is 0 Å². The Labute approximate surface area is 191 Å². The molecule has 0 spiro atoms. The molecule has 0 radical (unpaired) electrons. The molecule has 3 aromatic heterocycles. The molecule has 1 saturated carbocycles. The molecule has 4 aromatic rings. The summed E-state index contributed by atoms with van der Waals surface area (Å²) in [5.74, 6) is 0.973. The molecule has 8 heteroatoms. The van der Waals surface area contributed by atoms with E-state index in [0.29, 0.717) is 34.7 Å². The van der Waals surface area contributed by atoms with Crippen molar-refractivity contribution in [2.45, 2.75) is 45.1 Å². The van der Waals surface area contributed by atoms with Gasteiger partial charge in [0, 0.05) is 36.5 Å². The SMILES string of the molecule is COc1ccc(-c2noc3nc(C4CC4)cc(C(=O)N[C@@H](C)Cc4cn(C)nc4C)c23)cc1. The third-order valence-electron chi connectivity index (χ3n) is 6.09. The van der Waals surface area contributed by atoms with Crippen molar-refractivity contribution >= 4 is 17.0 Å². The third kappa shape index (κ3) is 4.20. The number of carbonyl (C=O) groups is 1. The van der Waals surface area contributed by atoms with Crippen molar-refractivity contribution in [3.63, 3.8) is 0 Å². The van der Waals surface area contributed by atoms with E-state index in [2.05, 4.69) is 20.6 Å². The van der Waals surface area contributed by atoms with Gasteiger partial charge in [0.05, 0.1) is 23.8 Å². The predicted molar refractivity (Wildman–Crippen MR) is 124 cm³/mol. The Morgan fingerprint density at radius 2 is 2.06 bits per heavy atom. The van der Waals surface area contributed by atoms with Gasteiger partial charge in [0.15, 0.2) is 0 Å². The number of methoxy groups -OCH3 is 1. The number of pyridine rings is 1. The molecule has 1 aliphatic rings. The molecule has 8 nitrogen and oxygen atoms in total. The van der Waals surface area contributed by atoms with Crippen LogP contribution in [0.15, 0.2) is 41.1 Å². The lowest BCUT2D eigenvalue weighted by Crippen LogP contribution is -2.34. The molecule has 1 atom stereocenters. The summed E-state index contributed by atoms with van der Waals surface area (Å²) in [5.41, 5.74) is 5.36. The second-order valence-corrected chi connectivity index (χ2v) is 8.80. The maximum Gasteiger partial charge on any atom is 0.259 e. The number of fused-ring (bicyclic) bond motifs is 1. The largest absolute Gasteiger partial charge is 0.497 e. The van der Waals surface area contributed by atoms with Crippen LogP contribution in [0.3, 0.4) is 0 Å². The van der Waals surface area contributed by atoms with Gasteiger partial charge >= 0.3 is 0 Å². The van der Waals surface area contributed by atoms with Crippen molar-refractivity contribution in [2.24, 2.45) is 7.05 Å². The van der Waals surface area contributed by atoms with Gasteiger partial charge in [-0.05, 0) is 69.0 Å². The summed E-state index contributed by atoms with van der Waals surface area (Å²) in [6.45, 7) is 3.99. The molecule has 1 fully saturated rings. The van der Waals surface area contributed by atoms with Gasteiger partial charge in [-0.3, -0.25) is 9.48 Å². The number of amides is 1. The van der Waals surface area contributed by atoms with E-state index in [-0.39, 0.29) is 11.9 Å². The Kier molecular flexibility index (Phi) is 5.36. The van der Waals surface area contributed by atoms with Gasteiger partial charge in [-0.1, -0.05) is 5.16 Å². The molecule has 33 heavy (non-hydrogen) atoms. The minimum atomic E-state index is -0.156. The fraction of sp³-hybridized carbons (Fsp3) is 0.360. The third-order valence-corrected chi connectivity index (χ3v) is 6.09. The second-order valence-electron chi connectivity index (χ2n) is 8.80. The van der Waals surface area contributed by atoms with Gasteiger partial charge in [-0.25, -0.2) is 4.98 Å². The highest BCUT2D eigenvalue weighted by atomic mass is 16.5. The highest BCUT2D eigenvalue weighted by Gasteiger charge is 2.29. The van der Waals surface area contributed by atoms with Crippen molar-refractivity contribution in [1.82, 2.24) is 25.2 Å². The standard InChI is InChI=1S/C25H27N5O3/c1-14(11-18-13-30(3)28-15(18)2)26-24(31)20-12-21(16-5-6-16)27-25-22(20)23(29-33-25)17-7-9-19(32-4)10-8-17/h7-10,12-14,16H,5-6,11H2,1-4H3,(H,26,31)/t14-/m0/s1. The number of aryl methyl sites for hydroxylation is 2. The number of nitrogens with zero attached hydrogens (tertiary/aromatic N) is 4. The molecule has 0 saturated heterocycles. The van der Waals surface area contributed by atoms with Gasteiger partial charge in [0.2, 0.25) is 0 Å². The highest BCUT2D eigenvalue weighted by Crippen LogP contribution is 2.41. The summed E-state index contributed by atoms with van der Waals surface area (Å²) in [6, 6.07) is 9.36. The zero-order chi connectivity index (χ0) is 23.1. The average molecular weight is 446 g/mol. The zero-order valence-corrected chi connectivity index (χ0v) is 19.3. The molecular weight excluding hydrogens is 418 g/mol. The Hall–Kier alpha value is -3.68. The molecule has 0 bridgehead atoms. The van der Waals surface area contributed by atoms with Crippen LogP contribution in [0.1, 0.15) is 53.0 Å². The normalized spacial score (nSPS) is 14.4. The first-order valence-electron chi connectivity index (χ1n) is 11.2. The van der Waals surface area contributed by atoms with Crippen LogP contribution in [0, 0.1) is 6.92 Å². The summed E-state index contributed by atoms with van der Waals surface area (Å²) >= 11 is 0. The van der Waals surface area contributed by atoms with E-state index in [1.807, 2.05) is 57.4 Å². The first-order chi connectivity index (χ1) is 15.9. The van der Waals surface area contributed by atoms with E-state index < -0.39 is 0 Å². The Morgan fingerprint density at radius 3 is 2.70 bits per heavy atom. The summed E-state index contributed by atoms with van der Waals surface area (Å²) in [4.78, 5) is 18.2. The van der Waals surface area contributed by atoms with Gasteiger partial charge in [0.25, 0.3) is 11.6 Å². The highest BCUT2D eigenvalue weighted by molar-refractivity contribution is 6.09. The van der Waals surface area contributed by atoms with E-state index in [1.165, 1.54) is 0 Å². The van der Waals surface area contributed by atoms with E-state index in [9.17, 15) is 4.79 Å². The molecule has 1 aliphatic carbocycles. The molecule has 0 aliphatic heterocycles. The van der Waals surface area contributed by atoms with Crippen LogP contribution >= 0.6 is 0 Å². The average Bonchev–Trinajstić information content (AvgIpc) is 3.49. The van der Waals surface area contributed by atoms with Crippen molar-refractivity contribution in [1.29, 1.82) is 0 Å². The van der Waals surface area contributed by atoms with Crippen molar-refractivity contribution in [2.75, 3.05) is 7.11 Å². The molecule has 1 amide bonds. The Balaban J connectivity index is 1.50. The van der Waals surface area contributed by atoms with Gasteiger partial charge < -0.3 is 14.6 Å². The number of ether oxygens (including phenoxy) is 1. The lowest BCUT2D eigenvalue weighted by atomic mass is 10.0. The number of hydrogen-bond donors (Lipinski definition) is 1. The monoisotopic (exact) mass is 445 g/mol. The van der Waals surface area contributed by atoms with E-state index >= 15 is 0 Å². The van der Waals surface area contributed by atoms with E-state index in [1.54, 1.807) is 11.8 Å². The zero-order valence-electron chi connectivity index (χ0n) is 19.3. The summed E-state index contributed by atoms with van der Waals surface area (Å²) in [5, 5.41) is 12.5. The van der Waals surface area contributed by atoms with Crippen molar-refractivity contribution in [3.8, 4) is 17.0 Å². The van der Waals surface area contributed by atoms with E-state index in [0.717, 1.165) is 41.1 Å². The predicted octanol–water partition coefficient (Wildman–Crippen LogP) is 4.18. The van der Waals surface area contributed by atoms with E-state index in [4.69, 9.17) is 9.26 Å². The maximum atomic E-state index is 13.5. The summed E-state index contributed by atoms with van der Waals surface area (Å²) < 4.78 is 12.7. The lowest BCUT2D eigenvalue weighted by Gasteiger charge is -2.15. The van der Waals surface area contributed by atoms with Crippen LogP contribution in [0.4, 0.5) is 0 Å². The maximum absolute atomic E-state index is 13.5. The minimum Gasteiger partial charge on any atom is -0.497 e. The van der Waals surface area contributed by atoms with Crippen LogP contribution in [-0.2, 0) is 13.5 Å². The summed E-state index contributed by atoms with van der Waals surface area (Å²) in [6.07, 6.45) is 4.85. The molecule has 1 aromatic carbocycles. The number of carbonyl (C=O) groups excluding carboxylic acids is 1. The van der Waals surface area contributed by atoms with Crippen LogP contribution < -0.4 is 10.1 Å². The fourth-order valence-electron chi connectivity index (χ4n) is 4.21. The number of hydrogen-bond acceptors (Lipinski definition) is 6. The minimum absolute atomic E-state index is 0.0720. The number of aromatic nitrogens is 4. The molecular formula is C25H27N5O3. The number of benzene rings is 1. The van der Waals surface area contributed by atoms with Crippen molar-refractivity contribution < 1.29 is 14.1 Å². The topological polar surface area (TPSA) is 95.1 Å². The second kappa shape index (κ2) is 8.35. The first kappa shape index (κ1) is 21.2. The molecule has 170 valence electrons. The summed E-state index contributed by atoms with van der Waals surface area (Å²) in [7, 11) is 3.53. The lowest BCUT2D eigenvalue weighted by molar-refractivity contribution is 0.0941. The smallest absolute Gasteiger partial charge is 0.259 e. The molecule has 3 heterocycles. The number of rotatable bonds is 7. The molecule has 5 rings (SSSR count). The van der Waals surface area contributed by atoms with Crippen LogP contribution in [0.5, 0.6) is 5.75 Å². The number of nitrogens with one attached hydrogen (secondary N) is 1. The Bertz CT molecular complexity index is 1320. The Morgan fingerprint density at radius 1 is 1.30 bits per heavy atom. The quantitative estimate of drug-likeness (QED) is 0.459.